The van der Waals surface area contributed by atoms with Crippen LogP contribution in [0, 0.1) is 0 Å². The third kappa shape index (κ3) is 2.69. The minimum Gasteiger partial charge on any atom is -0.370 e. The van der Waals surface area contributed by atoms with Gasteiger partial charge in [0.05, 0.1) is 0 Å². The highest BCUT2D eigenvalue weighted by atomic mass is 15.0. The van der Waals surface area contributed by atoms with Crippen molar-refractivity contribution in [2.75, 3.05) is 11.9 Å². The largest absolute Gasteiger partial charge is 0.370 e. The lowest BCUT2D eigenvalue weighted by Gasteiger charge is -2.09. The first-order valence-corrected chi connectivity index (χ1v) is 5.29. The second-order valence-corrected chi connectivity index (χ2v) is 3.63. The molecule has 3 nitrogen and oxygen atoms in total. The third-order valence-corrected chi connectivity index (χ3v) is 2.06. The van der Waals surface area contributed by atoms with Crippen LogP contribution in [0.2, 0.25) is 0 Å². The summed E-state index contributed by atoms with van der Waals surface area (Å²) in [6.07, 6.45) is 0.888. The normalized spacial score (nSPS) is 10.6. The molecule has 0 amide bonds. The summed E-state index contributed by atoms with van der Waals surface area (Å²) in [6.45, 7) is 9.35. The van der Waals surface area contributed by atoms with Gasteiger partial charge in [0.1, 0.15) is 11.6 Å². The van der Waals surface area contributed by atoms with E-state index in [4.69, 9.17) is 0 Å². The number of anilines is 1. The van der Waals surface area contributed by atoms with Crippen LogP contribution in [-0.2, 0) is 6.42 Å². The highest BCUT2D eigenvalue weighted by Gasteiger charge is 2.05. The molecule has 0 fully saturated rings. The summed E-state index contributed by atoms with van der Waals surface area (Å²) in [4.78, 5) is 8.88. The fraction of sp³-hybridized carbons (Fsp3) is 0.636. The Hall–Kier alpha value is -1.12. The lowest BCUT2D eigenvalue weighted by molar-refractivity contribution is 0.787. The van der Waals surface area contributed by atoms with E-state index in [1.807, 2.05) is 6.07 Å². The SMILES string of the molecule is CCNc1cc(C(C)C)nc(CC)n1. The molecule has 0 aromatic carbocycles. The van der Waals surface area contributed by atoms with Crippen LogP contribution in [0.3, 0.4) is 0 Å². The molecular formula is C11H19N3. The van der Waals surface area contributed by atoms with Crippen molar-refractivity contribution < 1.29 is 0 Å². The van der Waals surface area contributed by atoms with Crippen LogP contribution in [0.15, 0.2) is 6.07 Å². The maximum Gasteiger partial charge on any atom is 0.130 e. The fourth-order valence-electron chi connectivity index (χ4n) is 1.24. The van der Waals surface area contributed by atoms with E-state index in [2.05, 4.69) is 43.0 Å². The molecule has 1 N–H and O–H groups in total. The van der Waals surface area contributed by atoms with Crippen LogP contribution < -0.4 is 5.32 Å². The van der Waals surface area contributed by atoms with E-state index < -0.39 is 0 Å². The molecule has 3 heteroatoms. The molecule has 0 aliphatic heterocycles. The number of aryl methyl sites for hydroxylation is 1. The van der Waals surface area contributed by atoms with E-state index in [1.165, 1.54) is 0 Å². The van der Waals surface area contributed by atoms with Crippen molar-refractivity contribution in [2.45, 2.75) is 40.0 Å². The van der Waals surface area contributed by atoms with Gasteiger partial charge in [0, 0.05) is 24.7 Å². The number of hydrogen-bond donors (Lipinski definition) is 1. The standard InChI is InChI=1S/C11H19N3/c1-5-10-13-9(8(3)4)7-11(14-10)12-6-2/h7-8H,5-6H2,1-4H3,(H,12,13,14). The fourth-order valence-corrected chi connectivity index (χ4v) is 1.24. The van der Waals surface area contributed by atoms with Gasteiger partial charge in [-0.25, -0.2) is 9.97 Å². The van der Waals surface area contributed by atoms with Crippen LogP contribution in [0.1, 0.15) is 45.1 Å². The van der Waals surface area contributed by atoms with E-state index in [-0.39, 0.29) is 0 Å². The van der Waals surface area contributed by atoms with Crippen molar-refractivity contribution in [1.29, 1.82) is 0 Å². The van der Waals surface area contributed by atoms with Crippen LogP contribution in [0.5, 0.6) is 0 Å². The molecular weight excluding hydrogens is 174 g/mol. The quantitative estimate of drug-likeness (QED) is 0.798. The Balaban J connectivity index is 3.00. The highest BCUT2D eigenvalue weighted by Crippen LogP contribution is 2.15. The predicted molar refractivity (Wildman–Crippen MR) is 59.7 cm³/mol. The van der Waals surface area contributed by atoms with Crippen LogP contribution >= 0.6 is 0 Å². The molecule has 0 spiro atoms. The summed E-state index contributed by atoms with van der Waals surface area (Å²) in [5.41, 5.74) is 1.12. The van der Waals surface area contributed by atoms with Gasteiger partial charge >= 0.3 is 0 Å². The summed E-state index contributed by atoms with van der Waals surface area (Å²) >= 11 is 0. The molecule has 0 bridgehead atoms. The molecule has 14 heavy (non-hydrogen) atoms. The minimum absolute atomic E-state index is 0.459. The van der Waals surface area contributed by atoms with Crippen molar-refractivity contribution in [3.05, 3.63) is 17.6 Å². The van der Waals surface area contributed by atoms with Gasteiger partial charge < -0.3 is 5.32 Å². The average molecular weight is 193 g/mol. The molecule has 1 heterocycles. The van der Waals surface area contributed by atoms with Crippen molar-refractivity contribution in [3.63, 3.8) is 0 Å². The summed E-state index contributed by atoms with van der Waals surface area (Å²) in [7, 11) is 0. The molecule has 1 aromatic rings. The molecule has 0 saturated heterocycles. The summed E-state index contributed by atoms with van der Waals surface area (Å²) in [5, 5.41) is 3.23. The second-order valence-electron chi connectivity index (χ2n) is 3.63. The van der Waals surface area contributed by atoms with Crippen molar-refractivity contribution in [3.8, 4) is 0 Å². The Morgan fingerprint density at radius 3 is 2.50 bits per heavy atom. The first-order valence-electron chi connectivity index (χ1n) is 5.29. The van der Waals surface area contributed by atoms with Gasteiger partial charge in [0.2, 0.25) is 0 Å². The molecule has 0 aliphatic rings. The average Bonchev–Trinajstić information content (AvgIpc) is 2.17. The Morgan fingerprint density at radius 2 is 2.00 bits per heavy atom. The van der Waals surface area contributed by atoms with E-state index in [1.54, 1.807) is 0 Å². The van der Waals surface area contributed by atoms with Crippen molar-refractivity contribution >= 4 is 5.82 Å². The van der Waals surface area contributed by atoms with Gasteiger partial charge in [-0.2, -0.15) is 0 Å². The first kappa shape index (κ1) is 11.0. The monoisotopic (exact) mass is 193 g/mol. The van der Waals surface area contributed by atoms with Gasteiger partial charge in [-0.3, -0.25) is 0 Å². The summed E-state index contributed by atoms with van der Waals surface area (Å²) in [5.74, 6) is 2.33. The van der Waals surface area contributed by atoms with Crippen LogP contribution in [0.4, 0.5) is 5.82 Å². The second kappa shape index (κ2) is 4.94. The Labute approximate surface area is 86.0 Å². The molecule has 0 radical (unpaired) electrons. The van der Waals surface area contributed by atoms with E-state index >= 15 is 0 Å². The Bertz CT molecular complexity index is 295. The topological polar surface area (TPSA) is 37.8 Å². The summed E-state index contributed by atoms with van der Waals surface area (Å²) < 4.78 is 0. The molecule has 0 aliphatic carbocycles. The van der Waals surface area contributed by atoms with Crippen molar-refractivity contribution in [2.24, 2.45) is 0 Å². The zero-order valence-electron chi connectivity index (χ0n) is 9.46. The number of aromatic nitrogens is 2. The molecule has 0 unspecified atom stereocenters. The van der Waals surface area contributed by atoms with E-state index in [0.29, 0.717) is 5.92 Å². The lowest BCUT2D eigenvalue weighted by atomic mass is 10.1. The van der Waals surface area contributed by atoms with Crippen LogP contribution in [-0.4, -0.2) is 16.5 Å². The maximum absolute atomic E-state index is 4.48. The lowest BCUT2D eigenvalue weighted by Crippen LogP contribution is -2.06. The molecule has 78 valence electrons. The Morgan fingerprint density at radius 1 is 1.29 bits per heavy atom. The van der Waals surface area contributed by atoms with Gasteiger partial charge in [0.25, 0.3) is 0 Å². The molecule has 1 aromatic heterocycles. The molecule has 0 saturated carbocycles. The number of hydrogen-bond acceptors (Lipinski definition) is 3. The maximum atomic E-state index is 4.48. The number of nitrogens with zero attached hydrogens (tertiary/aromatic N) is 2. The van der Waals surface area contributed by atoms with Gasteiger partial charge in [-0.05, 0) is 12.8 Å². The predicted octanol–water partition coefficient (Wildman–Crippen LogP) is 2.59. The number of rotatable bonds is 4. The smallest absolute Gasteiger partial charge is 0.130 e. The molecule has 1 rings (SSSR count). The van der Waals surface area contributed by atoms with E-state index in [9.17, 15) is 0 Å². The highest BCUT2D eigenvalue weighted by molar-refractivity contribution is 5.36. The van der Waals surface area contributed by atoms with Gasteiger partial charge in [-0.15, -0.1) is 0 Å². The summed E-state index contributed by atoms with van der Waals surface area (Å²) in [6, 6.07) is 2.04. The number of nitrogens with one attached hydrogen (secondary N) is 1. The van der Waals surface area contributed by atoms with E-state index in [0.717, 1.165) is 30.3 Å². The zero-order chi connectivity index (χ0) is 10.6. The zero-order valence-corrected chi connectivity index (χ0v) is 9.46. The van der Waals surface area contributed by atoms with Gasteiger partial charge in [0.15, 0.2) is 0 Å². The minimum atomic E-state index is 0.459. The third-order valence-electron chi connectivity index (χ3n) is 2.06. The van der Waals surface area contributed by atoms with Gasteiger partial charge in [-0.1, -0.05) is 20.8 Å². The Kier molecular flexibility index (Phi) is 3.86. The first-order chi connectivity index (χ1) is 6.67. The van der Waals surface area contributed by atoms with Crippen molar-refractivity contribution in [1.82, 2.24) is 9.97 Å². The molecule has 0 atom stereocenters. The van der Waals surface area contributed by atoms with Crippen LogP contribution in [0.25, 0.3) is 0 Å².